The van der Waals surface area contributed by atoms with Crippen molar-refractivity contribution in [2.45, 2.75) is 5.16 Å². The van der Waals surface area contributed by atoms with Crippen LogP contribution < -0.4 is 5.69 Å². The Morgan fingerprint density at radius 3 is 2.65 bits per heavy atom. The van der Waals surface area contributed by atoms with Crippen LogP contribution in [0.5, 0.6) is 0 Å². The number of benzene rings is 2. The molecule has 23 heavy (non-hydrogen) atoms. The van der Waals surface area contributed by atoms with E-state index in [0.717, 1.165) is 21.1 Å². The molecule has 0 radical (unpaired) electrons. The molecule has 0 atom stereocenters. The van der Waals surface area contributed by atoms with Crippen molar-refractivity contribution >= 4 is 44.2 Å². The summed E-state index contributed by atoms with van der Waals surface area (Å²) in [5.41, 5.74) is 1.94. The molecule has 0 N–H and O–H groups in total. The van der Waals surface area contributed by atoms with E-state index >= 15 is 0 Å². The first-order valence-electron chi connectivity index (χ1n) is 6.89. The van der Waals surface area contributed by atoms with Gasteiger partial charge >= 0.3 is 5.69 Å². The predicted molar refractivity (Wildman–Crippen MR) is 95.6 cm³/mol. The molecule has 0 spiro atoms. The Labute approximate surface area is 144 Å². The second-order valence-corrected chi connectivity index (χ2v) is 6.64. The number of halogens is 1. The second kappa shape index (κ2) is 5.50. The van der Waals surface area contributed by atoms with Crippen LogP contribution in [0.2, 0.25) is 0 Å². The smallest absolute Gasteiger partial charge is 0.245 e. The highest BCUT2D eigenvalue weighted by molar-refractivity contribution is 9.10. The zero-order chi connectivity index (χ0) is 16.0. The van der Waals surface area contributed by atoms with E-state index in [-0.39, 0.29) is 5.69 Å². The highest BCUT2D eigenvalue weighted by Gasteiger charge is 2.16. The summed E-state index contributed by atoms with van der Waals surface area (Å²) < 4.78 is 3.90. The number of rotatable bonds is 2. The van der Waals surface area contributed by atoms with Gasteiger partial charge in [-0.25, -0.2) is 14.2 Å². The van der Waals surface area contributed by atoms with Crippen LogP contribution in [-0.4, -0.2) is 25.4 Å². The fraction of sp³-hybridized carbons (Fsp3) is 0.0625. The van der Waals surface area contributed by atoms with Crippen molar-refractivity contribution in [3.63, 3.8) is 0 Å². The number of aromatic nitrogens is 4. The van der Waals surface area contributed by atoms with E-state index in [0.29, 0.717) is 10.8 Å². The van der Waals surface area contributed by atoms with Crippen molar-refractivity contribution in [2.24, 2.45) is 0 Å². The molecule has 2 heterocycles. The van der Waals surface area contributed by atoms with E-state index in [1.165, 1.54) is 16.4 Å². The van der Waals surface area contributed by atoms with Gasteiger partial charge < -0.3 is 0 Å². The summed E-state index contributed by atoms with van der Waals surface area (Å²) in [7, 11) is 0. The molecule has 0 aliphatic carbocycles. The zero-order valence-corrected chi connectivity index (χ0v) is 14.5. The number of para-hydroxylation sites is 1. The van der Waals surface area contributed by atoms with E-state index in [2.05, 4.69) is 26.0 Å². The van der Waals surface area contributed by atoms with E-state index in [1.54, 1.807) is 4.40 Å². The normalized spacial score (nSPS) is 11.4. The first-order chi connectivity index (χ1) is 11.2. The average Bonchev–Trinajstić information content (AvgIpc) is 2.93. The van der Waals surface area contributed by atoms with Gasteiger partial charge in [0.25, 0.3) is 0 Å². The van der Waals surface area contributed by atoms with Gasteiger partial charge in [0.2, 0.25) is 0 Å². The summed E-state index contributed by atoms with van der Waals surface area (Å²) in [6.45, 7) is 0. The Hall–Kier alpha value is -2.12. The Bertz CT molecular complexity index is 1090. The molecule has 0 amide bonds. The van der Waals surface area contributed by atoms with Crippen LogP contribution in [0.15, 0.2) is 63.0 Å². The minimum Gasteiger partial charge on any atom is -0.245 e. The van der Waals surface area contributed by atoms with Crippen LogP contribution in [-0.2, 0) is 0 Å². The maximum absolute atomic E-state index is 12.8. The molecule has 0 saturated carbocycles. The summed E-state index contributed by atoms with van der Waals surface area (Å²) in [5, 5.41) is 6.02. The molecule has 0 fully saturated rings. The highest BCUT2D eigenvalue weighted by Crippen LogP contribution is 2.25. The maximum Gasteiger partial charge on any atom is 0.357 e. The van der Waals surface area contributed by atoms with Crippen molar-refractivity contribution in [1.82, 2.24) is 19.2 Å². The Morgan fingerprint density at radius 1 is 1.13 bits per heavy atom. The van der Waals surface area contributed by atoms with Gasteiger partial charge in [0.15, 0.2) is 10.8 Å². The Balaban J connectivity index is 2.17. The molecule has 2 aromatic heterocycles. The lowest BCUT2D eigenvalue weighted by molar-refractivity contribution is 0.807. The van der Waals surface area contributed by atoms with Gasteiger partial charge in [-0.2, -0.15) is 4.68 Å². The SMILES string of the molecule is CSc1nc2ccc(Br)cc2c2nn(-c3ccccc3)c(=O)n12. The number of fused-ring (bicyclic) bond motifs is 3. The van der Waals surface area contributed by atoms with Gasteiger partial charge in [0.1, 0.15) is 0 Å². The third-order valence-corrected chi connectivity index (χ3v) is 4.70. The largest absolute Gasteiger partial charge is 0.357 e. The van der Waals surface area contributed by atoms with Crippen LogP contribution in [0.1, 0.15) is 0 Å². The molecule has 0 bridgehead atoms. The fourth-order valence-electron chi connectivity index (χ4n) is 2.53. The van der Waals surface area contributed by atoms with E-state index in [4.69, 9.17) is 0 Å². The van der Waals surface area contributed by atoms with Crippen LogP contribution in [0, 0.1) is 0 Å². The van der Waals surface area contributed by atoms with Gasteiger partial charge in [-0.3, -0.25) is 0 Å². The van der Waals surface area contributed by atoms with Crippen LogP contribution in [0.4, 0.5) is 0 Å². The molecule has 4 rings (SSSR count). The first kappa shape index (κ1) is 14.5. The van der Waals surface area contributed by atoms with Gasteiger partial charge in [-0.1, -0.05) is 45.9 Å². The Morgan fingerprint density at radius 2 is 1.91 bits per heavy atom. The molecule has 2 aromatic carbocycles. The molecule has 7 heteroatoms. The summed E-state index contributed by atoms with van der Waals surface area (Å²) in [6, 6.07) is 15.2. The van der Waals surface area contributed by atoms with Crippen molar-refractivity contribution in [3.8, 4) is 5.69 Å². The monoisotopic (exact) mass is 386 g/mol. The predicted octanol–water partition coefficient (Wildman–Crippen LogP) is 3.52. The van der Waals surface area contributed by atoms with Crippen molar-refractivity contribution < 1.29 is 0 Å². The van der Waals surface area contributed by atoms with Crippen molar-refractivity contribution in [3.05, 3.63) is 63.5 Å². The standard InChI is InChI=1S/C16H11BrN4OS/c1-23-15-18-13-8-7-10(17)9-12(13)14-19-21(16(22)20(14)15)11-5-3-2-4-6-11/h2-9H,1H3. The minimum atomic E-state index is -0.218. The quantitative estimate of drug-likeness (QED) is 0.390. The molecule has 0 unspecified atom stereocenters. The lowest BCUT2D eigenvalue weighted by atomic mass is 10.2. The summed E-state index contributed by atoms with van der Waals surface area (Å²) in [5.74, 6) is 0. The molecular weight excluding hydrogens is 376 g/mol. The maximum atomic E-state index is 12.8. The van der Waals surface area contributed by atoms with Crippen molar-refractivity contribution in [2.75, 3.05) is 6.26 Å². The molecule has 0 saturated heterocycles. The highest BCUT2D eigenvalue weighted by atomic mass is 79.9. The van der Waals surface area contributed by atoms with Crippen molar-refractivity contribution in [1.29, 1.82) is 0 Å². The summed E-state index contributed by atoms with van der Waals surface area (Å²) in [6.07, 6.45) is 1.90. The Kier molecular flexibility index (Phi) is 3.46. The number of hydrogen-bond donors (Lipinski definition) is 0. The van der Waals surface area contributed by atoms with Crippen LogP contribution in [0.25, 0.3) is 22.2 Å². The van der Waals surface area contributed by atoms with E-state index < -0.39 is 0 Å². The number of hydrogen-bond acceptors (Lipinski definition) is 4. The molecule has 114 valence electrons. The zero-order valence-electron chi connectivity index (χ0n) is 12.1. The third-order valence-electron chi connectivity index (χ3n) is 3.57. The summed E-state index contributed by atoms with van der Waals surface area (Å²) >= 11 is 4.90. The van der Waals surface area contributed by atoms with Gasteiger partial charge in [-0.05, 0) is 36.6 Å². The average molecular weight is 387 g/mol. The van der Waals surface area contributed by atoms with Gasteiger partial charge in [0.05, 0.1) is 11.2 Å². The van der Waals surface area contributed by atoms with E-state index in [9.17, 15) is 4.79 Å². The third kappa shape index (κ3) is 2.27. The van der Waals surface area contributed by atoms with E-state index in [1.807, 2.05) is 54.8 Å². The molecule has 4 aromatic rings. The van der Waals surface area contributed by atoms with Crippen LogP contribution >= 0.6 is 27.7 Å². The fourth-order valence-corrected chi connectivity index (χ4v) is 3.42. The molecule has 0 aliphatic rings. The lowest BCUT2D eigenvalue weighted by Crippen LogP contribution is -2.20. The molecule has 0 aliphatic heterocycles. The first-order valence-corrected chi connectivity index (χ1v) is 8.91. The molecule has 5 nitrogen and oxygen atoms in total. The lowest BCUT2D eigenvalue weighted by Gasteiger charge is -2.03. The van der Waals surface area contributed by atoms with Gasteiger partial charge in [-0.15, -0.1) is 5.10 Å². The molecular formula is C16H11BrN4OS. The topological polar surface area (TPSA) is 52.2 Å². The van der Waals surface area contributed by atoms with Crippen LogP contribution in [0.3, 0.4) is 0 Å². The summed E-state index contributed by atoms with van der Waals surface area (Å²) in [4.78, 5) is 17.4. The minimum absolute atomic E-state index is 0.218. The second-order valence-electron chi connectivity index (χ2n) is 4.95. The number of thioether (sulfide) groups is 1. The number of nitrogens with zero attached hydrogens (tertiary/aromatic N) is 4. The van der Waals surface area contributed by atoms with Gasteiger partial charge in [0, 0.05) is 9.86 Å².